The van der Waals surface area contributed by atoms with Crippen molar-refractivity contribution in [2.24, 2.45) is 0 Å². The van der Waals surface area contributed by atoms with Gasteiger partial charge >= 0.3 is 0 Å². The number of aryl methyl sites for hydroxylation is 1. The number of amides is 2. The Kier molecular flexibility index (Phi) is 4.59. The molecule has 0 spiro atoms. The van der Waals surface area contributed by atoms with Gasteiger partial charge in [-0.05, 0) is 30.3 Å². The number of aromatic nitrogens is 5. The van der Waals surface area contributed by atoms with Crippen molar-refractivity contribution < 1.29 is 14.3 Å². The average molecular weight is 345 g/mol. The molecule has 0 aliphatic carbocycles. The molecule has 0 radical (unpaired) electrons. The van der Waals surface area contributed by atoms with Gasteiger partial charge in [0.1, 0.15) is 12.4 Å². The van der Waals surface area contributed by atoms with Crippen molar-refractivity contribution >= 4 is 11.8 Å². The molecule has 3 heterocycles. The molecule has 2 amide bonds. The summed E-state index contributed by atoms with van der Waals surface area (Å²) in [6, 6.07) is 1.74. The second kappa shape index (κ2) is 6.83. The first-order chi connectivity index (χ1) is 12.0. The average Bonchev–Trinajstić information content (AvgIpc) is 3.15. The van der Waals surface area contributed by atoms with Crippen LogP contribution in [0.3, 0.4) is 0 Å². The number of tetrazole rings is 1. The van der Waals surface area contributed by atoms with E-state index in [-0.39, 0.29) is 24.9 Å². The van der Waals surface area contributed by atoms with Crippen molar-refractivity contribution in [3.63, 3.8) is 0 Å². The number of fused-ring (bicyclic) bond motifs is 1. The van der Waals surface area contributed by atoms with Crippen LogP contribution in [0, 0.1) is 6.92 Å². The van der Waals surface area contributed by atoms with E-state index in [2.05, 4.69) is 25.8 Å². The molecule has 2 aromatic heterocycles. The van der Waals surface area contributed by atoms with Crippen LogP contribution in [0.5, 0.6) is 5.88 Å². The van der Waals surface area contributed by atoms with Crippen molar-refractivity contribution in [1.82, 2.24) is 35.4 Å². The molecule has 1 N–H and O–H groups in total. The van der Waals surface area contributed by atoms with Crippen LogP contribution in [-0.2, 0) is 24.4 Å². The number of nitrogens with zero attached hydrogens (tertiary/aromatic N) is 6. The van der Waals surface area contributed by atoms with Gasteiger partial charge in [-0.2, -0.15) is 0 Å². The van der Waals surface area contributed by atoms with Crippen LogP contribution < -0.4 is 10.1 Å². The Bertz CT molecular complexity index is 817. The SMILES string of the molecule is CCN1Cc2nc(OC)c(CNC(=O)Cn3nnnc3C)cc2C1=O. The van der Waals surface area contributed by atoms with Gasteiger partial charge in [-0.15, -0.1) is 5.10 Å². The summed E-state index contributed by atoms with van der Waals surface area (Å²) >= 11 is 0. The van der Waals surface area contributed by atoms with Crippen LogP contribution in [0.25, 0.3) is 0 Å². The molecular weight excluding hydrogens is 326 g/mol. The lowest BCUT2D eigenvalue weighted by Gasteiger charge is -2.10. The lowest BCUT2D eigenvalue weighted by molar-refractivity contribution is -0.122. The van der Waals surface area contributed by atoms with Gasteiger partial charge < -0.3 is 15.0 Å². The Morgan fingerprint density at radius 1 is 1.44 bits per heavy atom. The first kappa shape index (κ1) is 16.8. The number of carbonyl (C=O) groups excluding carboxylic acids is 2. The van der Waals surface area contributed by atoms with Crippen LogP contribution in [0.1, 0.15) is 34.4 Å². The molecule has 0 aromatic carbocycles. The zero-order chi connectivity index (χ0) is 18.0. The molecule has 10 heteroatoms. The third-order valence-corrected chi connectivity index (χ3v) is 4.05. The molecular formula is C15H19N7O3. The van der Waals surface area contributed by atoms with E-state index in [1.807, 2.05) is 6.92 Å². The van der Waals surface area contributed by atoms with E-state index in [1.165, 1.54) is 11.8 Å². The summed E-state index contributed by atoms with van der Waals surface area (Å²) in [5.74, 6) is 0.657. The fraction of sp³-hybridized carbons (Fsp3) is 0.467. The molecule has 132 valence electrons. The monoisotopic (exact) mass is 345 g/mol. The number of rotatable bonds is 6. The Balaban J connectivity index is 1.72. The quantitative estimate of drug-likeness (QED) is 0.762. The summed E-state index contributed by atoms with van der Waals surface area (Å²) in [6.07, 6.45) is 0. The van der Waals surface area contributed by atoms with Gasteiger partial charge in [0.25, 0.3) is 5.91 Å². The van der Waals surface area contributed by atoms with E-state index >= 15 is 0 Å². The number of ether oxygens (including phenoxy) is 1. The summed E-state index contributed by atoms with van der Waals surface area (Å²) in [5.41, 5.74) is 1.90. The van der Waals surface area contributed by atoms with Gasteiger partial charge in [0, 0.05) is 18.7 Å². The van der Waals surface area contributed by atoms with Crippen LogP contribution >= 0.6 is 0 Å². The van der Waals surface area contributed by atoms with Crippen LogP contribution in [0.2, 0.25) is 0 Å². The minimum atomic E-state index is -0.250. The Morgan fingerprint density at radius 3 is 2.88 bits per heavy atom. The normalized spacial score (nSPS) is 13.1. The maximum absolute atomic E-state index is 12.3. The highest BCUT2D eigenvalue weighted by molar-refractivity contribution is 5.98. The second-order valence-corrected chi connectivity index (χ2v) is 5.63. The van der Waals surface area contributed by atoms with Gasteiger partial charge in [-0.3, -0.25) is 9.59 Å². The van der Waals surface area contributed by atoms with E-state index in [9.17, 15) is 9.59 Å². The van der Waals surface area contributed by atoms with E-state index in [4.69, 9.17) is 4.74 Å². The van der Waals surface area contributed by atoms with Crippen LogP contribution in [-0.4, -0.2) is 55.6 Å². The Morgan fingerprint density at radius 2 is 2.24 bits per heavy atom. The van der Waals surface area contributed by atoms with Crippen LogP contribution in [0.4, 0.5) is 0 Å². The first-order valence-electron chi connectivity index (χ1n) is 7.89. The molecule has 10 nitrogen and oxygen atoms in total. The van der Waals surface area contributed by atoms with Gasteiger partial charge in [0.05, 0.1) is 24.9 Å². The molecule has 0 fully saturated rings. The molecule has 0 saturated carbocycles. The highest BCUT2D eigenvalue weighted by Gasteiger charge is 2.29. The van der Waals surface area contributed by atoms with E-state index in [0.717, 1.165) is 0 Å². The lowest BCUT2D eigenvalue weighted by Crippen LogP contribution is -2.28. The molecule has 3 rings (SSSR count). The molecule has 25 heavy (non-hydrogen) atoms. The van der Waals surface area contributed by atoms with E-state index < -0.39 is 0 Å². The highest BCUT2D eigenvalue weighted by Crippen LogP contribution is 2.26. The lowest BCUT2D eigenvalue weighted by atomic mass is 10.1. The highest BCUT2D eigenvalue weighted by atomic mass is 16.5. The fourth-order valence-corrected chi connectivity index (χ4v) is 2.64. The summed E-state index contributed by atoms with van der Waals surface area (Å²) in [6.45, 7) is 4.95. The standard InChI is InChI=1S/C15H19N7O3/c1-4-21-7-12-11(15(21)24)5-10(14(17-12)25-3)6-16-13(23)8-22-9(2)18-19-20-22/h5H,4,6-8H2,1-3H3,(H,16,23). The molecule has 0 bridgehead atoms. The molecule has 0 atom stereocenters. The number of methoxy groups -OCH3 is 1. The van der Waals surface area contributed by atoms with Gasteiger partial charge in [-0.25, -0.2) is 9.67 Å². The topological polar surface area (TPSA) is 115 Å². The summed E-state index contributed by atoms with van der Waals surface area (Å²) in [5, 5.41) is 13.7. The smallest absolute Gasteiger partial charge is 0.256 e. The Labute approximate surface area is 144 Å². The molecule has 2 aromatic rings. The van der Waals surface area contributed by atoms with E-state index in [0.29, 0.717) is 41.6 Å². The van der Waals surface area contributed by atoms with Crippen molar-refractivity contribution in [2.45, 2.75) is 33.5 Å². The molecule has 0 saturated heterocycles. The maximum Gasteiger partial charge on any atom is 0.256 e. The first-order valence-corrected chi connectivity index (χ1v) is 7.89. The predicted octanol–water partition coefficient (Wildman–Crippen LogP) is -0.323. The third kappa shape index (κ3) is 3.28. The van der Waals surface area contributed by atoms with E-state index in [1.54, 1.807) is 17.9 Å². The summed E-state index contributed by atoms with van der Waals surface area (Å²) < 4.78 is 6.70. The maximum atomic E-state index is 12.3. The zero-order valence-corrected chi connectivity index (χ0v) is 14.3. The van der Waals surface area contributed by atoms with Crippen LogP contribution in [0.15, 0.2) is 6.07 Å². The number of hydrogen-bond donors (Lipinski definition) is 1. The zero-order valence-electron chi connectivity index (χ0n) is 14.3. The number of hydrogen-bond acceptors (Lipinski definition) is 7. The van der Waals surface area contributed by atoms with Gasteiger partial charge in [-0.1, -0.05) is 0 Å². The second-order valence-electron chi connectivity index (χ2n) is 5.63. The van der Waals surface area contributed by atoms with Crippen molar-refractivity contribution in [1.29, 1.82) is 0 Å². The molecule has 1 aliphatic heterocycles. The third-order valence-electron chi connectivity index (χ3n) is 4.05. The van der Waals surface area contributed by atoms with Gasteiger partial charge in [0.15, 0.2) is 0 Å². The molecule has 0 unspecified atom stereocenters. The minimum Gasteiger partial charge on any atom is -0.481 e. The Hall–Kier alpha value is -3.04. The summed E-state index contributed by atoms with van der Waals surface area (Å²) in [7, 11) is 1.51. The molecule has 1 aliphatic rings. The largest absolute Gasteiger partial charge is 0.481 e. The predicted molar refractivity (Wildman–Crippen MR) is 85.6 cm³/mol. The van der Waals surface area contributed by atoms with Crippen molar-refractivity contribution in [2.75, 3.05) is 13.7 Å². The number of pyridine rings is 1. The van der Waals surface area contributed by atoms with Crippen molar-refractivity contribution in [3.8, 4) is 5.88 Å². The number of nitrogens with one attached hydrogen (secondary N) is 1. The fourth-order valence-electron chi connectivity index (χ4n) is 2.64. The van der Waals surface area contributed by atoms with Gasteiger partial charge in [0.2, 0.25) is 11.8 Å². The number of carbonyl (C=O) groups is 2. The summed E-state index contributed by atoms with van der Waals surface area (Å²) in [4.78, 5) is 30.5. The van der Waals surface area contributed by atoms with Crippen molar-refractivity contribution in [3.05, 3.63) is 28.7 Å². The minimum absolute atomic E-state index is 0.0159.